The third-order valence-corrected chi connectivity index (χ3v) is 2.00. The molecule has 3 nitrogen and oxygen atoms in total. The lowest BCUT2D eigenvalue weighted by Gasteiger charge is -2.07. The number of nitrogens with two attached hydrogens (primary N) is 1. The van der Waals surface area contributed by atoms with Crippen LogP contribution in [-0.4, -0.2) is 19.5 Å². The topological polar surface area (TPSA) is 47.6 Å². The van der Waals surface area contributed by atoms with Gasteiger partial charge in [0.2, 0.25) is 0 Å². The van der Waals surface area contributed by atoms with Gasteiger partial charge in [0, 0.05) is 11.6 Å². The van der Waals surface area contributed by atoms with Gasteiger partial charge in [0.05, 0.1) is 12.7 Å². The first-order valence-electron chi connectivity index (χ1n) is 4.33. The number of benzene rings is 1. The number of rotatable bonds is 3. The Kier molecular flexibility index (Phi) is 3.77. The molecule has 0 radical (unpaired) electrons. The maximum Gasteiger partial charge on any atom is 0.131 e. The van der Waals surface area contributed by atoms with Gasteiger partial charge in [-0.05, 0) is 25.1 Å². The first-order chi connectivity index (χ1) is 6.69. The fraction of sp³-hybridized carbons (Fsp3) is 0.300. The van der Waals surface area contributed by atoms with Crippen molar-refractivity contribution >= 4 is 17.4 Å². The summed E-state index contributed by atoms with van der Waals surface area (Å²) in [5, 5.41) is 0.620. The molecule has 0 aliphatic carbocycles. The zero-order valence-electron chi connectivity index (χ0n) is 8.25. The largest absolute Gasteiger partial charge is 0.496 e. The number of nitrogens with zero attached hydrogens (tertiary/aromatic N) is 1. The maximum atomic E-state index is 5.82. The quantitative estimate of drug-likeness (QED) is 0.616. The number of hydrogen-bond acceptors (Lipinski definition) is 2. The van der Waals surface area contributed by atoms with E-state index in [1.54, 1.807) is 25.3 Å². The van der Waals surface area contributed by atoms with Gasteiger partial charge >= 0.3 is 0 Å². The summed E-state index contributed by atoms with van der Waals surface area (Å²) in [5.74, 6) is 1.12. The van der Waals surface area contributed by atoms with Gasteiger partial charge in [-0.2, -0.15) is 0 Å². The average Bonchev–Trinajstić information content (AvgIpc) is 2.17. The minimum Gasteiger partial charge on any atom is -0.496 e. The Labute approximate surface area is 88.5 Å². The lowest BCUT2D eigenvalue weighted by molar-refractivity contribution is 0.414. The molecule has 0 bridgehead atoms. The van der Waals surface area contributed by atoms with Crippen LogP contribution in [0.4, 0.5) is 0 Å². The highest BCUT2D eigenvalue weighted by Crippen LogP contribution is 2.22. The minimum absolute atomic E-state index is 0.473. The van der Waals surface area contributed by atoms with Gasteiger partial charge in [-0.25, -0.2) is 0 Å². The van der Waals surface area contributed by atoms with E-state index in [1.807, 2.05) is 6.92 Å². The van der Waals surface area contributed by atoms with E-state index in [0.717, 1.165) is 5.56 Å². The molecule has 0 saturated heterocycles. The molecule has 0 spiro atoms. The van der Waals surface area contributed by atoms with Gasteiger partial charge in [0.1, 0.15) is 11.6 Å². The zero-order chi connectivity index (χ0) is 10.6. The van der Waals surface area contributed by atoms with Crippen LogP contribution in [0.2, 0.25) is 5.02 Å². The van der Waals surface area contributed by atoms with E-state index in [1.165, 1.54) is 0 Å². The van der Waals surface area contributed by atoms with Gasteiger partial charge in [-0.1, -0.05) is 11.6 Å². The Balaban J connectivity index is 3.14. The molecular weight excluding hydrogens is 200 g/mol. The van der Waals surface area contributed by atoms with Crippen LogP contribution >= 0.6 is 11.6 Å². The smallest absolute Gasteiger partial charge is 0.131 e. The van der Waals surface area contributed by atoms with Crippen molar-refractivity contribution in [2.75, 3.05) is 13.7 Å². The van der Waals surface area contributed by atoms with E-state index in [0.29, 0.717) is 23.2 Å². The second kappa shape index (κ2) is 4.86. The molecule has 0 saturated carbocycles. The summed E-state index contributed by atoms with van der Waals surface area (Å²) in [6.45, 7) is 2.58. The van der Waals surface area contributed by atoms with E-state index in [9.17, 15) is 0 Å². The summed E-state index contributed by atoms with van der Waals surface area (Å²) in [6, 6.07) is 5.28. The Morgan fingerprint density at radius 1 is 1.57 bits per heavy atom. The van der Waals surface area contributed by atoms with E-state index in [-0.39, 0.29) is 0 Å². The Morgan fingerprint density at radius 2 is 2.29 bits per heavy atom. The van der Waals surface area contributed by atoms with Crippen molar-refractivity contribution in [3.05, 3.63) is 28.8 Å². The molecule has 1 aromatic carbocycles. The molecule has 0 aromatic heterocycles. The van der Waals surface area contributed by atoms with Crippen LogP contribution in [0, 0.1) is 0 Å². The molecule has 0 atom stereocenters. The molecular formula is C10H13ClN2O. The van der Waals surface area contributed by atoms with Gasteiger partial charge in [-0.3, -0.25) is 4.99 Å². The molecule has 0 heterocycles. The predicted octanol–water partition coefficient (Wildman–Crippen LogP) is 2.07. The normalized spacial score (nSPS) is 11.5. The Bertz CT molecular complexity index is 350. The molecule has 0 aliphatic heterocycles. The summed E-state index contributed by atoms with van der Waals surface area (Å²) < 4.78 is 5.15. The Hall–Kier alpha value is -1.22. The number of hydrogen-bond donors (Lipinski definition) is 1. The summed E-state index contributed by atoms with van der Waals surface area (Å²) in [7, 11) is 1.58. The second-order valence-corrected chi connectivity index (χ2v) is 3.14. The molecule has 0 unspecified atom stereocenters. The van der Waals surface area contributed by atoms with Gasteiger partial charge in [0.15, 0.2) is 0 Å². The van der Waals surface area contributed by atoms with E-state index < -0.39 is 0 Å². The maximum absolute atomic E-state index is 5.82. The van der Waals surface area contributed by atoms with Crippen LogP contribution in [0.1, 0.15) is 12.5 Å². The molecule has 0 aliphatic rings. The molecule has 0 fully saturated rings. The first-order valence-corrected chi connectivity index (χ1v) is 4.70. The van der Waals surface area contributed by atoms with Crippen molar-refractivity contribution < 1.29 is 4.74 Å². The third kappa shape index (κ3) is 2.39. The van der Waals surface area contributed by atoms with Crippen molar-refractivity contribution in [3.63, 3.8) is 0 Å². The number of amidine groups is 1. The number of ether oxygens (including phenoxy) is 1. The fourth-order valence-electron chi connectivity index (χ4n) is 1.13. The van der Waals surface area contributed by atoms with E-state index in [4.69, 9.17) is 22.1 Å². The highest BCUT2D eigenvalue weighted by molar-refractivity contribution is 6.30. The molecule has 0 amide bonds. The molecule has 1 rings (SSSR count). The first kappa shape index (κ1) is 10.9. The number of halogens is 1. The van der Waals surface area contributed by atoms with E-state index in [2.05, 4.69) is 4.99 Å². The monoisotopic (exact) mass is 212 g/mol. The zero-order valence-corrected chi connectivity index (χ0v) is 9.01. The van der Waals surface area contributed by atoms with Crippen molar-refractivity contribution in [1.29, 1.82) is 0 Å². The van der Waals surface area contributed by atoms with Gasteiger partial charge in [0.25, 0.3) is 0 Å². The number of aliphatic imine (C=N–C) groups is 1. The standard InChI is InChI=1S/C10H13ClN2O/c1-3-13-10(12)8-5-4-7(11)6-9(8)14-2/h4-6H,3H2,1-2H3,(H2,12,13). The van der Waals surface area contributed by atoms with Crippen LogP contribution in [0.3, 0.4) is 0 Å². The van der Waals surface area contributed by atoms with Crippen molar-refractivity contribution in [1.82, 2.24) is 0 Å². The summed E-state index contributed by atoms with van der Waals surface area (Å²) in [4.78, 5) is 4.10. The summed E-state index contributed by atoms with van der Waals surface area (Å²) in [5.41, 5.74) is 6.54. The molecule has 76 valence electrons. The Morgan fingerprint density at radius 3 is 2.86 bits per heavy atom. The van der Waals surface area contributed by atoms with Crippen LogP contribution in [-0.2, 0) is 0 Å². The van der Waals surface area contributed by atoms with Crippen molar-refractivity contribution in [3.8, 4) is 5.75 Å². The van der Waals surface area contributed by atoms with Crippen LogP contribution in [0.5, 0.6) is 5.75 Å². The highest BCUT2D eigenvalue weighted by atomic mass is 35.5. The lowest BCUT2D eigenvalue weighted by Crippen LogP contribution is -2.14. The summed E-state index contributed by atoms with van der Waals surface area (Å²) in [6.07, 6.45) is 0. The predicted molar refractivity (Wildman–Crippen MR) is 59.3 cm³/mol. The van der Waals surface area contributed by atoms with Crippen molar-refractivity contribution in [2.24, 2.45) is 10.7 Å². The van der Waals surface area contributed by atoms with Crippen LogP contribution in [0.15, 0.2) is 23.2 Å². The van der Waals surface area contributed by atoms with Crippen LogP contribution in [0.25, 0.3) is 0 Å². The van der Waals surface area contributed by atoms with Gasteiger partial charge in [-0.15, -0.1) is 0 Å². The van der Waals surface area contributed by atoms with Gasteiger partial charge < -0.3 is 10.5 Å². The summed E-state index contributed by atoms with van der Waals surface area (Å²) >= 11 is 5.82. The van der Waals surface area contributed by atoms with Crippen molar-refractivity contribution in [2.45, 2.75) is 6.92 Å². The molecule has 4 heteroatoms. The molecule has 14 heavy (non-hydrogen) atoms. The second-order valence-electron chi connectivity index (χ2n) is 2.70. The van der Waals surface area contributed by atoms with Crippen LogP contribution < -0.4 is 10.5 Å². The fourth-order valence-corrected chi connectivity index (χ4v) is 1.29. The number of methoxy groups -OCH3 is 1. The van der Waals surface area contributed by atoms with E-state index >= 15 is 0 Å². The molecule has 1 aromatic rings. The lowest BCUT2D eigenvalue weighted by atomic mass is 10.2. The minimum atomic E-state index is 0.473. The molecule has 2 N–H and O–H groups in total. The third-order valence-electron chi connectivity index (χ3n) is 1.77. The average molecular weight is 213 g/mol. The highest BCUT2D eigenvalue weighted by Gasteiger charge is 2.06. The SMILES string of the molecule is CCN=C(N)c1ccc(Cl)cc1OC.